The Hall–Kier alpha value is -1.03. The van der Waals surface area contributed by atoms with Gasteiger partial charge >= 0.3 is 0 Å². The smallest absolute Gasteiger partial charge is 0.291 e. The summed E-state index contributed by atoms with van der Waals surface area (Å²) >= 11 is 6.17. The van der Waals surface area contributed by atoms with Crippen molar-refractivity contribution in [1.29, 1.82) is 0 Å². The highest BCUT2D eigenvalue weighted by molar-refractivity contribution is 6.33. The van der Waals surface area contributed by atoms with Gasteiger partial charge in [0, 0.05) is 12.6 Å². The monoisotopic (exact) mass is 295 g/mol. The van der Waals surface area contributed by atoms with E-state index in [-0.39, 0.29) is 5.56 Å². The van der Waals surface area contributed by atoms with Gasteiger partial charge in [-0.1, -0.05) is 24.4 Å². The number of nitrogens with one attached hydrogen (secondary N) is 1. The first kappa shape index (κ1) is 13.9. The van der Waals surface area contributed by atoms with Crippen molar-refractivity contribution in [2.45, 2.75) is 58.0 Å². The Labute approximate surface area is 124 Å². The third-order valence-electron chi connectivity index (χ3n) is 4.60. The Bertz CT molecular complexity index is 532. The highest BCUT2D eigenvalue weighted by atomic mass is 35.5. The summed E-state index contributed by atoms with van der Waals surface area (Å²) in [5, 5.41) is 7.94. The minimum absolute atomic E-state index is 0.0748. The lowest BCUT2D eigenvalue weighted by Crippen LogP contribution is -2.32. The highest BCUT2D eigenvalue weighted by Crippen LogP contribution is 2.31. The molecule has 2 saturated carbocycles. The third kappa shape index (κ3) is 3.00. The number of hydrogen-bond donors (Lipinski definition) is 1. The molecule has 0 aromatic carbocycles. The van der Waals surface area contributed by atoms with Crippen molar-refractivity contribution in [2.75, 3.05) is 5.32 Å². The average molecular weight is 296 g/mol. The van der Waals surface area contributed by atoms with Crippen LogP contribution in [0.1, 0.15) is 45.4 Å². The van der Waals surface area contributed by atoms with Crippen LogP contribution in [-0.2, 0) is 6.54 Å². The molecule has 2 fully saturated rings. The zero-order valence-electron chi connectivity index (χ0n) is 11.9. The first-order chi connectivity index (χ1) is 9.65. The van der Waals surface area contributed by atoms with Crippen molar-refractivity contribution >= 4 is 17.3 Å². The summed E-state index contributed by atoms with van der Waals surface area (Å²) in [7, 11) is 0. The standard InChI is InChI=1S/C15H22ClN3O/c1-10(12-4-2-3-5-12)18-14-13(16)8-17-19(15(14)20)9-11-6-7-11/h8,10-12,18H,2-7,9H2,1H3. The molecular formula is C15H22ClN3O. The largest absolute Gasteiger partial charge is 0.377 e. The van der Waals surface area contributed by atoms with E-state index in [0.29, 0.717) is 28.6 Å². The minimum Gasteiger partial charge on any atom is -0.377 e. The lowest BCUT2D eigenvalue weighted by Gasteiger charge is -2.22. The van der Waals surface area contributed by atoms with E-state index in [1.807, 2.05) is 0 Å². The molecule has 2 aliphatic rings. The maximum atomic E-state index is 12.5. The molecule has 5 heteroatoms. The van der Waals surface area contributed by atoms with Crippen LogP contribution in [0.4, 0.5) is 5.69 Å². The quantitative estimate of drug-likeness (QED) is 0.906. The zero-order valence-corrected chi connectivity index (χ0v) is 12.7. The SMILES string of the molecule is CC(Nc1c(Cl)cnn(CC2CC2)c1=O)C1CCCC1. The molecule has 2 aliphatic carbocycles. The molecule has 4 nitrogen and oxygen atoms in total. The Morgan fingerprint density at radius 3 is 2.75 bits per heavy atom. The van der Waals surface area contributed by atoms with E-state index < -0.39 is 0 Å². The first-order valence-corrected chi connectivity index (χ1v) is 8.05. The molecule has 1 unspecified atom stereocenters. The Balaban J connectivity index is 1.78. The van der Waals surface area contributed by atoms with Gasteiger partial charge in [0.05, 0.1) is 11.2 Å². The van der Waals surface area contributed by atoms with Crippen molar-refractivity contribution in [3.63, 3.8) is 0 Å². The number of aromatic nitrogens is 2. The predicted octanol–water partition coefficient (Wildman–Crippen LogP) is 3.30. The van der Waals surface area contributed by atoms with Crippen LogP contribution < -0.4 is 10.9 Å². The van der Waals surface area contributed by atoms with Crippen molar-refractivity contribution < 1.29 is 0 Å². The maximum absolute atomic E-state index is 12.5. The van der Waals surface area contributed by atoms with Crippen LogP contribution in [0.5, 0.6) is 0 Å². The molecule has 1 atom stereocenters. The second-order valence-corrected chi connectivity index (χ2v) is 6.68. The molecule has 1 aromatic heterocycles. The molecule has 0 bridgehead atoms. The summed E-state index contributed by atoms with van der Waals surface area (Å²) in [4.78, 5) is 12.5. The molecule has 0 radical (unpaired) electrons. The summed E-state index contributed by atoms with van der Waals surface area (Å²) in [6.45, 7) is 2.87. The number of rotatable bonds is 5. The Morgan fingerprint density at radius 1 is 1.40 bits per heavy atom. The normalized spacial score (nSPS) is 21.1. The van der Waals surface area contributed by atoms with Crippen LogP contribution in [0.2, 0.25) is 5.02 Å². The minimum atomic E-state index is -0.0748. The van der Waals surface area contributed by atoms with Gasteiger partial charge in [-0.25, -0.2) is 4.68 Å². The second kappa shape index (κ2) is 5.76. The van der Waals surface area contributed by atoms with Crippen molar-refractivity contribution in [1.82, 2.24) is 9.78 Å². The number of nitrogens with zero attached hydrogens (tertiary/aromatic N) is 2. The lowest BCUT2D eigenvalue weighted by molar-refractivity contribution is 0.479. The number of halogens is 1. The summed E-state index contributed by atoms with van der Waals surface area (Å²) in [6.07, 6.45) is 9.09. The number of hydrogen-bond acceptors (Lipinski definition) is 3. The van der Waals surface area contributed by atoms with Crippen LogP contribution in [0, 0.1) is 11.8 Å². The van der Waals surface area contributed by atoms with Crippen molar-refractivity contribution in [3.8, 4) is 0 Å². The van der Waals surface area contributed by atoms with Gasteiger partial charge in [-0.05, 0) is 44.4 Å². The Morgan fingerprint density at radius 2 is 2.10 bits per heavy atom. The molecular weight excluding hydrogens is 274 g/mol. The van der Waals surface area contributed by atoms with E-state index in [1.165, 1.54) is 38.5 Å². The van der Waals surface area contributed by atoms with Crippen LogP contribution in [0.25, 0.3) is 0 Å². The van der Waals surface area contributed by atoms with E-state index in [4.69, 9.17) is 11.6 Å². The van der Waals surface area contributed by atoms with Gasteiger partial charge in [0.25, 0.3) is 5.56 Å². The van der Waals surface area contributed by atoms with Gasteiger partial charge in [-0.2, -0.15) is 5.10 Å². The number of anilines is 1. The molecule has 1 aromatic rings. The average Bonchev–Trinajstić information content (AvgIpc) is 3.07. The Kier molecular flexibility index (Phi) is 4.01. The summed E-state index contributed by atoms with van der Waals surface area (Å²) < 4.78 is 1.56. The van der Waals surface area contributed by atoms with Crippen LogP contribution in [0.3, 0.4) is 0 Å². The summed E-state index contributed by atoms with van der Waals surface area (Å²) in [6, 6.07) is 0.291. The highest BCUT2D eigenvalue weighted by Gasteiger charge is 2.25. The first-order valence-electron chi connectivity index (χ1n) is 7.67. The van der Waals surface area contributed by atoms with Gasteiger partial charge in [0.15, 0.2) is 0 Å². The fourth-order valence-corrected chi connectivity index (χ4v) is 3.26. The summed E-state index contributed by atoms with van der Waals surface area (Å²) in [5.41, 5.74) is 0.455. The van der Waals surface area contributed by atoms with E-state index in [1.54, 1.807) is 10.9 Å². The molecule has 0 aliphatic heterocycles. The predicted molar refractivity (Wildman–Crippen MR) is 81.3 cm³/mol. The molecule has 3 rings (SSSR count). The molecule has 0 amide bonds. The van der Waals surface area contributed by atoms with E-state index in [2.05, 4.69) is 17.3 Å². The summed E-state index contributed by atoms with van der Waals surface area (Å²) in [5.74, 6) is 1.27. The van der Waals surface area contributed by atoms with E-state index in [9.17, 15) is 4.79 Å². The van der Waals surface area contributed by atoms with Gasteiger partial charge < -0.3 is 5.32 Å². The lowest BCUT2D eigenvalue weighted by atomic mass is 10.00. The van der Waals surface area contributed by atoms with Crippen molar-refractivity contribution in [3.05, 3.63) is 21.6 Å². The fourth-order valence-electron chi connectivity index (χ4n) is 3.08. The fraction of sp³-hybridized carbons (Fsp3) is 0.733. The maximum Gasteiger partial charge on any atom is 0.291 e. The van der Waals surface area contributed by atoms with Crippen LogP contribution in [-0.4, -0.2) is 15.8 Å². The molecule has 0 saturated heterocycles. The topological polar surface area (TPSA) is 46.9 Å². The molecule has 20 heavy (non-hydrogen) atoms. The van der Waals surface area contributed by atoms with Gasteiger partial charge in [0.1, 0.15) is 5.69 Å². The molecule has 1 N–H and O–H groups in total. The van der Waals surface area contributed by atoms with Gasteiger partial charge in [-0.3, -0.25) is 4.79 Å². The molecule has 110 valence electrons. The van der Waals surface area contributed by atoms with E-state index >= 15 is 0 Å². The van der Waals surface area contributed by atoms with Gasteiger partial charge in [-0.15, -0.1) is 0 Å². The third-order valence-corrected chi connectivity index (χ3v) is 4.89. The zero-order chi connectivity index (χ0) is 14.1. The van der Waals surface area contributed by atoms with E-state index in [0.717, 1.165) is 6.54 Å². The van der Waals surface area contributed by atoms with Crippen LogP contribution >= 0.6 is 11.6 Å². The van der Waals surface area contributed by atoms with Crippen molar-refractivity contribution in [2.24, 2.45) is 11.8 Å². The van der Waals surface area contributed by atoms with Gasteiger partial charge in [0.2, 0.25) is 0 Å². The second-order valence-electron chi connectivity index (χ2n) is 6.28. The van der Waals surface area contributed by atoms with Crippen LogP contribution in [0.15, 0.2) is 11.0 Å². The molecule has 1 heterocycles. The molecule has 0 spiro atoms.